The fourth-order valence-corrected chi connectivity index (χ4v) is 1.86. The maximum absolute atomic E-state index is 12.0. The SMILES string of the molecule is Cc1ncoc1C(=O)N(C)[C@H]1CNC[C@@H]1O. The number of carbonyl (C=O) groups excluding carboxylic acids is 1. The molecule has 1 aliphatic heterocycles. The first-order valence-electron chi connectivity index (χ1n) is 5.17. The minimum atomic E-state index is -0.530. The van der Waals surface area contributed by atoms with E-state index in [4.69, 9.17) is 4.42 Å². The molecule has 0 aliphatic carbocycles. The summed E-state index contributed by atoms with van der Waals surface area (Å²) in [5.41, 5.74) is 0.567. The highest BCUT2D eigenvalue weighted by Crippen LogP contribution is 2.14. The zero-order chi connectivity index (χ0) is 11.7. The van der Waals surface area contributed by atoms with Crippen molar-refractivity contribution >= 4 is 5.91 Å². The number of aliphatic hydroxyl groups excluding tert-OH is 1. The molecule has 1 fully saturated rings. The Morgan fingerprint density at radius 3 is 2.94 bits per heavy atom. The number of rotatable bonds is 2. The first-order valence-corrected chi connectivity index (χ1v) is 5.17. The Morgan fingerprint density at radius 2 is 2.44 bits per heavy atom. The van der Waals surface area contributed by atoms with Crippen molar-refractivity contribution in [1.29, 1.82) is 0 Å². The summed E-state index contributed by atoms with van der Waals surface area (Å²) in [6.45, 7) is 2.82. The number of aromatic nitrogens is 1. The summed E-state index contributed by atoms with van der Waals surface area (Å²) in [6.07, 6.45) is 0.719. The van der Waals surface area contributed by atoms with Gasteiger partial charge in [0, 0.05) is 20.1 Å². The van der Waals surface area contributed by atoms with Gasteiger partial charge < -0.3 is 19.7 Å². The molecule has 1 aliphatic rings. The first-order chi connectivity index (χ1) is 7.61. The van der Waals surface area contributed by atoms with E-state index in [9.17, 15) is 9.90 Å². The molecule has 6 nitrogen and oxygen atoms in total. The third kappa shape index (κ3) is 1.81. The summed E-state index contributed by atoms with van der Waals surface area (Å²) < 4.78 is 5.04. The average Bonchev–Trinajstić information content (AvgIpc) is 2.85. The van der Waals surface area contributed by atoms with Gasteiger partial charge in [0.05, 0.1) is 17.8 Å². The lowest BCUT2D eigenvalue weighted by Crippen LogP contribution is -2.44. The van der Waals surface area contributed by atoms with E-state index in [2.05, 4.69) is 10.3 Å². The summed E-state index contributed by atoms with van der Waals surface area (Å²) in [5, 5.41) is 12.7. The minimum absolute atomic E-state index is 0.211. The van der Waals surface area contributed by atoms with Crippen LogP contribution in [0.4, 0.5) is 0 Å². The Kier molecular flexibility index (Phi) is 2.93. The molecule has 2 N–H and O–H groups in total. The van der Waals surface area contributed by atoms with E-state index in [1.54, 1.807) is 14.0 Å². The second kappa shape index (κ2) is 4.23. The lowest BCUT2D eigenvalue weighted by atomic mass is 10.2. The van der Waals surface area contributed by atoms with Crippen LogP contribution in [0, 0.1) is 6.92 Å². The monoisotopic (exact) mass is 225 g/mol. The van der Waals surface area contributed by atoms with Crippen LogP contribution in [-0.4, -0.2) is 53.2 Å². The number of likely N-dealkylation sites (N-methyl/N-ethyl adjacent to an activating group) is 1. The van der Waals surface area contributed by atoms with Crippen molar-refractivity contribution < 1.29 is 14.3 Å². The van der Waals surface area contributed by atoms with Gasteiger partial charge in [-0.25, -0.2) is 4.98 Å². The van der Waals surface area contributed by atoms with Crippen LogP contribution in [0.2, 0.25) is 0 Å². The highest BCUT2D eigenvalue weighted by atomic mass is 16.4. The smallest absolute Gasteiger partial charge is 0.291 e. The molecular formula is C10H15N3O3. The summed E-state index contributed by atoms with van der Waals surface area (Å²) in [7, 11) is 1.66. The van der Waals surface area contributed by atoms with Crippen LogP contribution in [0.5, 0.6) is 0 Å². The van der Waals surface area contributed by atoms with Crippen molar-refractivity contribution in [2.24, 2.45) is 0 Å². The molecule has 0 spiro atoms. The van der Waals surface area contributed by atoms with Crippen LogP contribution in [0.3, 0.4) is 0 Å². The fraction of sp³-hybridized carbons (Fsp3) is 0.600. The lowest BCUT2D eigenvalue weighted by molar-refractivity contribution is 0.0552. The molecule has 2 atom stereocenters. The summed E-state index contributed by atoms with van der Waals surface area (Å²) >= 11 is 0. The molecule has 0 aromatic carbocycles. The highest BCUT2D eigenvalue weighted by Gasteiger charge is 2.33. The molecule has 1 aromatic rings. The Labute approximate surface area is 93.3 Å². The normalized spacial score (nSPS) is 24.7. The molecule has 0 bridgehead atoms. The first kappa shape index (κ1) is 11.1. The Balaban J connectivity index is 2.13. The number of nitrogens with one attached hydrogen (secondary N) is 1. The lowest BCUT2D eigenvalue weighted by Gasteiger charge is -2.25. The van der Waals surface area contributed by atoms with Crippen LogP contribution in [0.1, 0.15) is 16.2 Å². The molecule has 1 amide bonds. The number of nitrogens with zero attached hydrogens (tertiary/aromatic N) is 2. The average molecular weight is 225 g/mol. The van der Waals surface area contributed by atoms with Gasteiger partial charge in [-0.05, 0) is 6.92 Å². The molecule has 1 aromatic heterocycles. The van der Waals surface area contributed by atoms with Crippen LogP contribution < -0.4 is 5.32 Å². The van der Waals surface area contributed by atoms with Crippen LogP contribution in [-0.2, 0) is 0 Å². The number of β-amino-alcohol motifs (C(OH)–C–C–N with tert-alkyl or cyclic N) is 1. The molecule has 0 unspecified atom stereocenters. The molecule has 6 heteroatoms. The second-order valence-corrected chi connectivity index (χ2v) is 3.98. The van der Waals surface area contributed by atoms with Crippen molar-refractivity contribution in [3.05, 3.63) is 17.8 Å². The third-order valence-electron chi connectivity index (χ3n) is 2.91. The molecule has 2 rings (SSSR count). The van der Waals surface area contributed by atoms with Crippen molar-refractivity contribution in [2.45, 2.75) is 19.1 Å². The fourth-order valence-electron chi connectivity index (χ4n) is 1.86. The topological polar surface area (TPSA) is 78.6 Å². The quantitative estimate of drug-likeness (QED) is 0.702. The van der Waals surface area contributed by atoms with E-state index in [0.717, 1.165) is 0 Å². The summed E-state index contributed by atoms with van der Waals surface area (Å²) in [6, 6.07) is -0.211. The van der Waals surface area contributed by atoms with Gasteiger partial charge in [0.1, 0.15) is 0 Å². The van der Waals surface area contributed by atoms with E-state index in [0.29, 0.717) is 18.8 Å². The molecule has 2 heterocycles. The highest BCUT2D eigenvalue weighted by molar-refractivity contribution is 5.92. The van der Waals surface area contributed by atoms with Gasteiger partial charge in [-0.3, -0.25) is 4.79 Å². The predicted molar refractivity (Wildman–Crippen MR) is 56.0 cm³/mol. The Hall–Kier alpha value is -1.40. The van der Waals surface area contributed by atoms with Crippen molar-refractivity contribution in [3.63, 3.8) is 0 Å². The van der Waals surface area contributed by atoms with E-state index in [1.165, 1.54) is 11.3 Å². The molecule has 0 saturated carbocycles. The standard InChI is InChI=1S/C10H15N3O3/c1-6-9(16-5-12-6)10(15)13(2)7-3-11-4-8(7)14/h5,7-8,11,14H,3-4H2,1-2H3/t7-,8-/m0/s1. The molecule has 1 saturated heterocycles. The number of carbonyl (C=O) groups is 1. The van der Waals surface area contributed by atoms with Crippen molar-refractivity contribution in [1.82, 2.24) is 15.2 Å². The maximum atomic E-state index is 12.0. The number of hydrogen-bond acceptors (Lipinski definition) is 5. The molecule has 16 heavy (non-hydrogen) atoms. The van der Waals surface area contributed by atoms with Crippen molar-refractivity contribution in [3.8, 4) is 0 Å². The second-order valence-electron chi connectivity index (χ2n) is 3.98. The minimum Gasteiger partial charge on any atom is -0.438 e. The number of oxazole rings is 1. The number of hydrogen-bond donors (Lipinski definition) is 2. The van der Waals surface area contributed by atoms with Crippen LogP contribution in [0.25, 0.3) is 0 Å². The summed E-state index contributed by atoms with van der Waals surface area (Å²) in [5.74, 6) is -0.00986. The van der Waals surface area contributed by atoms with E-state index >= 15 is 0 Å². The maximum Gasteiger partial charge on any atom is 0.291 e. The largest absolute Gasteiger partial charge is 0.438 e. The zero-order valence-electron chi connectivity index (χ0n) is 9.30. The molecule has 88 valence electrons. The van der Waals surface area contributed by atoms with Gasteiger partial charge in [-0.1, -0.05) is 0 Å². The van der Waals surface area contributed by atoms with E-state index in [-0.39, 0.29) is 17.7 Å². The van der Waals surface area contributed by atoms with Gasteiger partial charge in [-0.2, -0.15) is 0 Å². The van der Waals surface area contributed by atoms with Crippen LogP contribution in [0.15, 0.2) is 10.8 Å². The van der Waals surface area contributed by atoms with E-state index < -0.39 is 6.10 Å². The molecule has 0 radical (unpaired) electrons. The van der Waals surface area contributed by atoms with E-state index in [1.807, 2.05) is 0 Å². The Morgan fingerprint density at radius 1 is 1.69 bits per heavy atom. The number of amides is 1. The number of aryl methyl sites for hydroxylation is 1. The predicted octanol–water partition coefficient (Wildman–Crippen LogP) is -0.612. The zero-order valence-corrected chi connectivity index (χ0v) is 9.30. The van der Waals surface area contributed by atoms with Crippen LogP contribution >= 0.6 is 0 Å². The van der Waals surface area contributed by atoms with Gasteiger partial charge >= 0.3 is 0 Å². The third-order valence-corrected chi connectivity index (χ3v) is 2.91. The van der Waals surface area contributed by atoms with Crippen molar-refractivity contribution in [2.75, 3.05) is 20.1 Å². The molecular weight excluding hydrogens is 210 g/mol. The van der Waals surface area contributed by atoms with Gasteiger partial charge in [0.15, 0.2) is 6.39 Å². The number of aliphatic hydroxyl groups is 1. The Bertz CT molecular complexity index is 390. The van der Waals surface area contributed by atoms with Gasteiger partial charge in [0.25, 0.3) is 5.91 Å². The summed E-state index contributed by atoms with van der Waals surface area (Å²) in [4.78, 5) is 17.4. The van der Waals surface area contributed by atoms with Gasteiger partial charge in [-0.15, -0.1) is 0 Å². The van der Waals surface area contributed by atoms with Gasteiger partial charge in [0.2, 0.25) is 5.76 Å².